The number of rotatable bonds is 2. The van der Waals surface area contributed by atoms with E-state index in [-0.39, 0.29) is 11.4 Å². The van der Waals surface area contributed by atoms with Gasteiger partial charge in [0.15, 0.2) is 11.5 Å². The molecule has 7 nitrogen and oxygen atoms in total. The molecule has 1 aliphatic heterocycles. The van der Waals surface area contributed by atoms with Crippen LogP contribution in [0.3, 0.4) is 0 Å². The molecule has 0 aliphatic carbocycles. The molecule has 4 aromatic rings. The Hall–Kier alpha value is -2.78. The number of fused-ring (bicyclic) bond motifs is 2. The average molecular weight is 384 g/mol. The molecule has 0 spiro atoms. The molecule has 5 heterocycles. The van der Waals surface area contributed by atoms with Gasteiger partial charge in [-0.1, -0.05) is 0 Å². The first-order valence-electron chi connectivity index (χ1n) is 8.72. The quantitative estimate of drug-likeness (QED) is 0.571. The Morgan fingerprint density at radius 3 is 2.85 bits per heavy atom. The number of halogens is 1. The molecular weight excluding hydrogens is 367 g/mol. The third kappa shape index (κ3) is 2.70. The second kappa shape index (κ2) is 6.14. The molecule has 0 bridgehead atoms. The second-order valence-electron chi connectivity index (χ2n) is 6.61. The number of imidazole rings is 1. The van der Waals surface area contributed by atoms with Gasteiger partial charge in [0.25, 0.3) is 5.56 Å². The van der Waals surface area contributed by atoms with Gasteiger partial charge < -0.3 is 14.7 Å². The third-order valence-corrected chi connectivity index (χ3v) is 5.89. The van der Waals surface area contributed by atoms with E-state index in [0.717, 1.165) is 36.8 Å². The van der Waals surface area contributed by atoms with Crippen molar-refractivity contribution in [3.63, 3.8) is 0 Å². The number of hydrogen-bond acceptors (Lipinski definition) is 6. The van der Waals surface area contributed by atoms with Gasteiger partial charge in [0.1, 0.15) is 11.0 Å². The van der Waals surface area contributed by atoms with Crippen LogP contribution in [0.25, 0.3) is 26.3 Å². The monoisotopic (exact) mass is 384 g/mol. The van der Waals surface area contributed by atoms with Crippen molar-refractivity contribution in [1.29, 1.82) is 0 Å². The van der Waals surface area contributed by atoms with Gasteiger partial charge in [0, 0.05) is 49.0 Å². The standard InChI is InChI=1S/C18H17FN6OS/c1-11-8-23-9-12(6-13(19)17(23)22-11)15-7-14-16(27-15)18(26)25(10-21-14)24-4-2-20-3-5-24/h6-10,20H,2-5H2,1H3. The van der Waals surface area contributed by atoms with Crippen molar-refractivity contribution < 1.29 is 4.39 Å². The van der Waals surface area contributed by atoms with Crippen molar-refractivity contribution in [2.75, 3.05) is 31.2 Å². The largest absolute Gasteiger partial charge is 0.313 e. The van der Waals surface area contributed by atoms with Gasteiger partial charge in [-0.05, 0) is 19.1 Å². The Bertz CT molecular complexity index is 1220. The van der Waals surface area contributed by atoms with E-state index in [0.29, 0.717) is 21.4 Å². The van der Waals surface area contributed by atoms with Crippen molar-refractivity contribution >= 4 is 27.2 Å². The average Bonchev–Trinajstić information content (AvgIpc) is 3.26. The molecule has 27 heavy (non-hydrogen) atoms. The third-order valence-electron chi connectivity index (χ3n) is 4.73. The molecule has 1 fully saturated rings. The summed E-state index contributed by atoms with van der Waals surface area (Å²) in [5, 5.41) is 5.26. The molecular formula is C18H17FN6OS. The molecule has 1 saturated heterocycles. The highest BCUT2D eigenvalue weighted by Crippen LogP contribution is 2.31. The van der Waals surface area contributed by atoms with E-state index in [9.17, 15) is 9.18 Å². The summed E-state index contributed by atoms with van der Waals surface area (Å²) in [5.74, 6) is -0.385. The fourth-order valence-electron chi connectivity index (χ4n) is 3.43. The zero-order chi connectivity index (χ0) is 18.5. The molecule has 0 amide bonds. The number of thiophene rings is 1. The molecule has 0 atom stereocenters. The first-order valence-corrected chi connectivity index (χ1v) is 9.54. The van der Waals surface area contributed by atoms with Gasteiger partial charge in [-0.2, -0.15) is 0 Å². The maximum absolute atomic E-state index is 14.4. The van der Waals surface area contributed by atoms with Crippen LogP contribution >= 0.6 is 11.3 Å². The van der Waals surface area contributed by atoms with Gasteiger partial charge in [-0.25, -0.2) is 19.0 Å². The molecule has 0 radical (unpaired) electrons. The lowest BCUT2D eigenvalue weighted by atomic mass is 10.2. The van der Waals surface area contributed by atoms with Crippen LogP contribution in [0.5, 0.6) is 0 Å². The van der Waals surface area contributed by atoms with E-state index in [2.05, 4.69) is 15.3 Å². The molecule has 1 N–H and O–H groups in total. The highest BCUT2D eigenvalue weighted by molar-refractivity contribution is 7.22. The molecule has 138 valence electrons. The lowest BCUT2D eigenvalue weighted by molar-refractivity contribution is 0.480. The number of aryl methyl sites for hydroxylation is 1. The Morgan fingerprint density at radius 2 is 2.04 bits per heavy atom. The predicted octanol–water partition coefficient (Wildman–Crippen LogP) is 1.76. The van der Waals surface area contributed by atoms with Crippen LogP contribution in [0.1, 0.15) is 5.69 Å². The lowest BCUT2D eigenvalue weighted by Gasteiger charge is -2.29. The number of hydrogen-bond donors (Lipinski definition) is 1. The van der Waals surface area contributed by atoms with E-state index in [1.807, 2.05) is 24.2 Å². The van der Waals surface area contributed by atoms with E-state index in [4.69, 9.17) is 0 Å². The number of piperazine rings is 1. The fourth-order valence-corrected chi connectivity index (χ4v) is 4.45. The molecule has 4 aromatic heterocycles. The van der Waals surface area contributed by atoms with Crippen LogP contribution in [0.15, 0.2) is 35.6 Å². The first-order chi connectivity index (χ1) is 13.1. The highest BCUT2D eigenvalue weighted by Gasteiger charge is 2.17. The minimum Gasteiger partial charge on any atom is -0.313 e. The van der Waals surface area contributed by atoms with E-state index in [1.165, 1.54) is 17.4 Å². The summed E-state index contributed by atoms with van der Waals surface area (Å²) < 4.78 is 18.3. The van der Waals surface area contributed by atoms with Crippen molar-refractivity contribution in [3.8, 4) is 10.4 Å². The van der Waals surface area contributed by atoms with Crippen molar-refractivity contribution in [2.24, 2.45) is 0 Å². The SMILES string of the molecule is Cc1cn2cc(-c3cc4ncn(N5CCNCC5)c(=O)c4s3)cc(F)c2n1. The molecule has 0 aromatic carbocycles. The summed E-state index contributed by atoms with van der Waals surface area (Å²) in [7, 11) is 0. The van der Waals surface area contributed by atoms with E-state index < -0.39 is 0 Å². The minimum atomic E-state index is -0.385. The number of pyridine rings is 1. The Morgan fingerprint density at radius 1 is 1.22 bits per heavy atom. The first kappa shape index (κ1) is 16.4. The highest BCUT2D eigenvalue weighted by atomic mass is 32.1. The van der Waals surface area contributed by atoms with E-state index in [1.54, 1.807) is 21.6 Å². The summed E-state index contributed by atoms with van der Waals surface area (Å²) in [6.07, 6.45) is 5.19. The van der Waals surface area contributed by atoms with Crippen LogP contribution < -0.4 is 15.9 Å². The number of nitrogens with one attached hydrogen (secondary N) is 1. The van der Waals surface area contributed by atoms with Crippen molar-refractivity contribution in [2.45, 2.75) is 6.92 Å². The second-order valence-corrected chi connectivity index (χ2v) is 7.67. The van der Waals surface area contributed by atoms with Crippen LogP contribution in [0, 0.1) is 12.7 Å². The summed E-state index contributed by atoms with van der Waals surface area (Å²) in [6, 6.07) is 3.30. The topological polar surface area (TPSA) is 67.5 Å². The number of aromatic nitrogens is 4. The molecule has 5 rings (SSSR count). The minimum absolute atomic E-state index is 0.0850. The van der Waals surface area contributed by atoms with Gasteiger partial charge in [-0.15, -0.1) is 11.3 Å². The Balaban J connectivity index is 1.62. The maximum atomic E-state index is 14.4. The summed E-state index contributed by atoms with van der Waals surface area (Å²) >= 11 is 1.34. The molecule has 9 heteroatoms. The smallest absolute Gasteiger partial charge is 0.289 e. The van der Waals surface area contributed by atoms with Crippen molar-refractivity contribution in [3.05, 3.63) is 52.7 Å². The van der Waals surface area contributed by atoms with Crippen LogP contribution in [0.4, 0.5) is 4.39 Å². The fraction of sp³-hybridized carbons (Fsp3) is 0.278. The van der Waals surface area contributed by atoms with E-state index >= 15 is 0 Å². The maximum Gasteiger partial charge on any atom is 0.289 e. The predicted molar refractivity (Wildman–Crippen MR) is 104 cm³/mol. The summed E-state index contributed by atoms with van der Waals surface area (Å²) in [4.78, 5) is 22.4. The number of nitrogens with zero attached hydrogens (tertiary/aromatic N) is 5. The van der Waals surface area contributed by atoms with Gasteiger partial charge in [-0.3, -0.25) is 4.79 Å². The zero-order valence-corrected chi connectivity index (χ0v) is 15.5. The molecule has 0 unspecified atom stereocenters. The Labute approximate surface area is 157 Å². The van der Waals surface area contributed by atoms with Crippen LogP contribution in [-0.2, 0) is 0 Å². The van der Waals surface area contributed by atoms with Crippen LogP contribution in [-0.4, -0.2) is 45.2 Å². The molecule has 1 aliphatic rings. The summed E-state index contributed by atoms with van der Waals surface area (Å²) in [5.41, 5.74) is 2.31. The lowest BCUT2D eigenvalue weighted by Crippen LogP contribution is -2.52. The Kier molecular flexibility index (Phi) is 3.73. The van der Waals surface area contributed by atoms with Gasteiger partial charge in [0.05, 0.1) is 11.2 Å². The van der Waals surface area contributed by atoms with Crippen molar-refractivity contribution in [1.82, 2.24) is 24.4 Å². The van der Waals surface area contributed by atoms with Gasteiger partial charge in [0.2, 0.25) is 0 Å². The van der Waals surface area contributed by atoms with Crippen LogP contribution in [0.2, 0.25) is 0 Å². The summed E-state index contributed by atoms with van der Waals surface area (Å²) in [6.45, 7) is 5.02. The molecule has 0 saturated carbocycles. The normalized spacial score (nSPS) is 15.1. The zero-order valence-electron chi connectivity index (χ0n) is 14.6. The van der Waals surface area contributed by atoms with Gasteiger partial charge >= 0.3 is 0 Å².